The third-order valence-electron chi connectivity index (χ3n) is 8.57. The van der Waals surface area contributed by atoms with E-state index < -0.39 is 10.1 Å². The maximum absolute atomic E-state index is 11.8. The summed E-state index contributed by atoms with van der Waals surface area (Å²) in [5, 5.41) is 2.00. The maximum atomic E-state index is 11.8. The van der Waals surface area contributed by atoms with Gasteiger partial charge in [-0.15, -0.1) is 0 Å². The summed E-state index contributed by atoms with van der Waals surface area (Å²) in [4.78, 5) is -0.105. The van der Waals surface area contributed by atoms with Gasteiger partial charge < -0.3 is 4.55 Å². The minimum absolute atomic E-state index is 0. The smallest absolute Gasteiger partial charge is 0.744 e. The van der Waals surface area contributed by atoms with Gasteiger partial charge in [0.05, 0.1) is 4.90 Å². The van der Waals surface area contributed by atoms with Gasteiger partial charge in [-0.05, 0) is 59.7 Å². The maximum Gasteiger partial charge on any atom is 1.00 e. The Bertz CT molecular complexity index is 1030. The molecule has 0 radical (unpaired) electrons. The van der Waals surface area contributed by atoms with Crippen LogP contribution in [0.5, 0.6) is 0 Å². The van der Waals surface area contributed by atoms with Crippen LogP contribution in [0.15, 0.2) is 35.2 Å². The summed E-state index contributed by atoms with van der Waals surface area (Å²) in [7, 11) is -4.46. The van der Waals surface area contributed by atoms with Gasteiger partial charge in [-0.3, -0.25) is 0 Å². The van der Waals surface area contributed by atoms with Crippen LogP contribution < -0.4 is 51.4 Å². The summed E-state index contributed by atoms with van der Waals surface area (Å²) in [6.07, 6.45) is 31.1. The zero-order valence-electron chi connectivity index (χ0n) is 27.0. The van der Waals surface area contributed by atoms with Crippen molar-refractivity contribution in [1.82, 2.24) is 0 Å². The number of hydrogen-bond acceptors (Lipinski definition) is 3. The second kappa shape index (κ2) is 24.6. The normalized spacial score (nSPS) is 11.7. The molecule has 0 fully saturated rings. The van der Waals surface area contributed by atoms with Crippen molar-refractivity contribution in [3.8, 4) is 0 Å². The minimum Gasteiger partial charge on any atom is -0.744 e. The topological polar surface area (TPSA) is 57.2 Å². The number of hydrogen-bond donors (Lipinski definition) is 0. The average molecular weight is 611 g/mol. The minimum atomic E-state index is -4.46. The first-order chi connectivity index (χ1) is 19.5. The SMILES string of the molecule is CCCCCCCCCCCCCc1ccc2ccc(S(=O)(=O)[O-])cc2c1CCCCCCCCCCCCC.[K+]. The van der Waals surface area contributed by atoms with Crippen LogP contribution in [-0.4, -0.2) is 13.0 Å². The van der Waals surface area contributed by atoms with Gasteiger partial charge in [0, 0.05) is 0 Å². The monoisotopic (exact) mass is 610 g/mol. The molecule has 0 atom stereocenters. The second-order valence-corrected chi connectivity index (χ2v) is 13.5. The van der Waals surface area contributed by atoms with E-state index in [-0.39, 0.29) is 56.3 Å². The fraction of sp³-hybridized carbons (Fsp3) is 0.722. The fourth-order valence-electron chi connectivity index (χ4n) is 6.04. The number of unbranched alkanes of at least 4 members (excludes halogenated alkanes) is 20. The molecule has 0 saturated carbocycles. The molecular formula is C36H59KO3S. The first-order valence-corrected chi connectivity index (χ1v) is 18.4. The Kier molecular flexibility index (Phi) is 23.5. The Labute approximate surface area is 296 Å². The Balaban J connectivity index is 0.00000840. The zero-order chi connectivity index (χ0) is 28.9. The molecule has 0 unspecified atom stereocenters. The van der Waals surface area contributed by atoms with Crippen molar-refractivity contribution in [2.75, 3.05) is 0 Å². The van der Waals surface area contributed by atoms with Crippen LogP contribution in [-0.2, 0) is 23.0 Å². The molecule has 0 bridgehead atoms. The molecule has 0 spiro atoms. The first kappa shape index (κ1) is 39.3. The molecule has 0 saturated heterocycles. The molecule has 0 aliphatic rings. The summed E-state index contributed by atoms with van der Waals surface area (Å²) >= 11 is 0. The largest absolute Gasteiger partial charge is 1.00 e. The molecule has 5 heteroatoms. The van der Waals surface area contributed by atoms with E-state index in [9.17, 15) is 13.0 Å². The number of fused-ring (bicyclic) bond motifs is 1. The average Bonchev–Trinajstić information content (AvgIpc) is 2.94. The van der Waals surface area contributed by atoms with Gasteiger partial charge >= 0.3 is 51.4 Å². The Morgan fingerprint density at radius 3 is 1.37 bits per heavy atom. The molecule has 228 valence electrons. The number of aryl methyl sites for hydroxylation is 2. The van der Waals surface area contributed by atoms with E-state index in [4.69, 9.17) is 0 Å². The zero-order valence-corrected chi connectivity index (χ0v) is 30.9. The number of rotatable bonds is 25. The molecule has 0 N–H and O–H groups in total. The molecule has 0 aliphatic carbocycles. The van der Waals surface area contributed by atoms with Crippen molar-refractivity contribution in [2.24, 2.45) is 0 Å². The second-order valence-electron chi connectivity index (χ2n) is 12.1. The summed E-state index contributed by atoms with van der Waals surface area (Å²) in [6.45, 7) is 4.54. The summed E-state index contributed by atoms with van der Waals surface area (Å²) < 4.78 is 35.3. The molecule has 0 amide bonds. The van der Waals surface area contributed by atoms with E-state index in [2.05, 4.69) is 26.0 Å². The van der Waals surface area contributed by atoms with Crippen molar-refractivity contribution in [3.63, 3.8) is 0 Å². The fourth-order valence-corrected chi connectivity index (χ4v) is 6.53. The van der Waals surface area contributed by atoms with Crippen molar-refractivity contribution < 1.29 is 64.4 Å². The van der Waals surface area contributed by atoms with E-state index in [1.807, 2.05) is 0 Å². The predicted molar refractivity (Wildman–Crippen MR) is 172 cm³/mol. The van der Waals surface area contributed by atoms with E-state index in [1.165, 1.54) is 152 Å². The Morgan fingerprint density at radius 1 is 0.537 bits per heavy atom. The third kappa shape index (κ3) is 17.4. The molecule has 0 heterocycles. The van der Waals surface area contributed by atoms with Crippen molar-refractivity contribution in [1.29, 1.82) is 0 Å². The van der Waals surface area contributed by atoms with Gasteiger partial charge in [0.1, 0.15) is 10.1 Å². The summed E-state index contributed by atoms with van der Waals surface area (Å²) in [5.41, 5.74) is 2.61. The molecule has 2 rings (SSSR count). The van der Waals surface area contributed by atoms with Gasteiger partial charge in [0.2, 0.25) is 0 Å². The van der Waals surface area contributed by atoms with Crippen molar-refractivity contribution in [2.45, 2.75) is 173 Å². The van der Waals surface area contributed by atoms with Gasteiger partial charge in [0.25, 0.3) is 0 Å². The van der Waals surface area contributed by atoms with E-state index >= 15 is 0 Å². The molecule has 2 aromatic rings. The van der Waals surface area contributed by atoms with E-state index in [0.717, 1.165) is 30.0 Å². The van der Waals surface area contributed by atoms with Crippen molar-refractivity contribution >= 4 is 20.9 Å². The quantitative estimate of drug-likeness (QED) is 0.0644. The molecular weight excluding hydrogens is 552 g/mol. The Hall–Kier alpha value is 0.246. The van der Waals surface area contributed by atoms with Crippen LogP contribution in [0.3, 0.4) is 0 Å². The first-order valence-electron chi connectivity index (χ1n) is 17.0. The molecule has 41 heavy (non-hydrogen) atoms. The standard InChI is InChI=1S/C36H60O3S.K/c1-3-5-7-9-11-13-15-17-19-21-23-25-32-27-28-33-29-30-34(40(37,38)39)31-36(33)35(32)26-24-22-20-18-16-14-12-10-8-6-4-2;/h27-31H,3-26H2,1-2H3,(H,37,38,39);/q;+1/p-1. The molecule has 2 aromatic carbocycles. The van der Waals surface area contributed by atoms with Gasteiger partial charge in [0.15, 0.2) is 0 Å². The van der Waals surface area contributed by atoms with Crippen LogP contribution in [0.4, 0.5) is 0 Å². The Morgan fingerprint density at radius 2 is 0.927 bits per heavy atom. The van der Waals surface area contributed by atoms with Crippen LogP contribution in [0.1, 0.15) is 166 Å². The van der Waals surface area contributed by atoms with Gasteiger partial charge in [-0.1, -0.05) is 160 Å². The van der Waals surface area contributed by atoms with Crippen LogP contribution in [0.25, 0.3) is 10.8 Å². The van der Waals surface area contributed by atoms with Crippen LogP contribution >= 0.6 is 0 Å². The van der Waals surface area contributed by atoms with Gasteiger partial charge in [-0.25, -0.2) is 8.42 Å². The summed E-state index contributed by atoms with van der Waals surface area (Å²) in [6, 6.07) is 9.25. The van der Waals surface area contributed by atoms with Crippen LogP contribution in [0, 0.1) is 0 Å². The summed E-state index contributed by atoms with van der Waals surface area (Å²) in [5.74, 6) is 0. The predicted octanol–water partition coefficient (Wildman–Crippen LogP) is 8.45. The van der Waals surface area contributed by atoms with Crippen LogP contribution in [0.2, 0.25) is 0 Å². The number of benzene rings is 2. The van der Waals surface area contributed by atoms with Crippen molar-refractivity contribution in [3.05, 3.63) is 41.5 Å². The van der Waals surface area contributed by atoms with E-state index in [1.54, 1.807) is 12.1 Å². The van der Waals surface area contributed by atoms with Gasteiger partial charge in [-0.2, -0.15) is 0 Å². The van der Waals surface area contributed by atoms with E-state index in [0.29, 0.717) is 0 Å². The molecule has 0 aromatic heterocycles. The molecule has 0 aliphatic heterocycles. The molecule has 3 nitrogen and oxygen atoms in total. The third-order valence-corrected chi connectivity index (χ3v) is 9.40.